The number of halogens is 1. The van der Waals surface area contributed by atoms with Crippen LogP contribution in [0.2, 0.25) is 0 Å². The van der Waals surface area contributed by atoms with E-state index in [1.54, 1.807) is 19.4 Å². The SMILES string of the molecule is C[C@H](O)c1ccc(Sc2ncco2)cc1Br. The summed E-state index contributed by atoms with van der Waals surface area (Å²) in [6, 6.07) is 5.76. The molecule has 0 radical (unpaired) electrons. The van der Waals surface area contributed by atoms with Crippen LogP contribution >= 0.6 is 27.7 Å². The first kappa shape index (κ1) is 11.7. The summed E-state index contributed by atoms with van der Waals surface area (Å²) >= 11 is 4.87. The van der Waals surface area contributed by atoms with Gasteiger partial charge in [0.25, 0.3) is 5.22 Å². The molecule has 0 fully saturated rings. The lowest BCUT2D eigenvalue weighted by Gasteiger charge is -2.08. The maximum Gasteiger partial charge on any atom is 0.260 e. The molecular formula is C11H10BrNO2S. The Morgan fingerprint density at radius 1 is 1.50 bits per heavy atom. The summed E-state index contributed by atoms with van der Waals surface area (Å²) in [7, 11) is 0. The van der Waals surface area contributed by atoms with Crippen molar-refractivity contribution in [2.24, 2.45) is 0 Å². The average molecular weight is 300 g/mol. The lowest BCUT2D eigenvalue weighted by atomic mass is 10.1. The van der Waals surface area contributed by atoms with Crippen molar-refractivity contribution in [3.05, 3.63) is 40.7 Å². The highest BCUT2D eigenvalue weighted by molar-refractivity contribution is 9.10. The predicted molar refractivity (Wildman–Crippen MR) is 65.4 cm³/mol. The largest absolute Gasteiger partial charge is 0.440 e. The molecule has 2 aromatic rings. The number of aliphatic hydroxyl groups is 1. The van der Waals surface area contributed by atoms with Gasteiger partial charge in [0.1, 0.15) is 6.26 Å². The normalized spacial score (nSPS) is 12.7. The minimum atomic E-state index is -0.477. The van der Waals surface area contributed by atoms with Crippen molar-refractivity contribution in [2.45, 2.75) is 23.1 Å². The highest BCUT2D eigenvalue weighted by atomic mass is 79.9. The zero-order valence-corrected chi connectivity index (χ0v) is 11.0. The van der Waals surface area contributed by atoms with E-state index in [-0.39, 0.29) is 0 Å². The van der Waals surface area contributed by atoms with Crippen LogP contribution in [0.5, 0.6) is 0 Å². The van der Waals surface area contributed by atoms with Crippen LogP contribution in [-0.4, -0.2) is 10.1 Å². The molecule has 1 aromatic carbocycles. The van der Waals surface area contributed by atoms with E-state index >= 15 is 0 Å². The van der Waals surface area contributed by atoms with Gasteiger partial charge in [-0.3, -0.25) is 0 Å². The van der Waals surface area contributed by atoms with Crippen LogP contribution in [0.4, 0.5) is 0 Å². The van der Waals surface area contributed by atoms with Gasteiger partial charge in [-0.15, -0.1) is 0 Å². The molecule has 0 aliphatic carbocycles. The van der Waals surface area contributed by atoms with Gasteiger partial charge in [0.05, 0.1) is 12.3 Å². The Morgan fingerprint density at radius 3 is 2.88 bits per heavy atom. The van der Waals surface area contributed by atoms with E-state index in [4.69, 9.17) is 4.42 Å². The van der Waals surface area contributed by atoms with Gasteiger partial charge in [-0.25, -0.2) is 4.98 Å². The number of benzene rings is 1. The topological polar surface area (TPSA) is 46.3 Å². The number of nitrogens with zero attached hydrogens (tertiary/aromatic N) is 1. The summed E-state index contributed by atoms with van der Waals surface area (Å²) in [6.07, 6.45) is 2.68. The van der Waals surface area contributed by atoms with Crippen molar-refractivity contribution in [1.82, 2.24) is 4.98 Å². The van der Waals surface area contributed by atoms with E-state index in [1.165, 1.54) is 11.8 Å². The summed E-state index contributed by atoms with van der Waals surface area (Å²) in [6.45, 7) is 1.74. The van der Waals surface area contributed by atoms with Gasteiger partial charge in [0.15, 0.2) is 0 Å². The molecule has 0 saturated heterocycles. The number of aromatic nitrogens is 1. The van der Waals surface area contributed by atoms with Gasteiger partial charge in [-0.2, -0.15) is 0 Å². The average Bonchev–Trinajstić information content (AvgIpc) is 2.70. The Balaban J connectivity index is 2.21. The van der Waals surface area contributed by atoms with E-state index in [0.717, 1.165) is 14.9 Å². The van der Waals surface area contributed by atoms with E-state index in [9.17, 15) is 5.11 Å². The zero-order chi connectivity index (χ0) is 11.5. The van der Waals surface area contributed by atoms with Crippen LogP contribution < -0.4 is 0 Å². The molecule has 0 spiro atoms. The Morgan fingerprint density at radius 2 is 2.31 bits per heavy atom. The molecule has 1 N–H and O–H groups in total. The van der Waals surface area contributed by atoms with E-state index in [2.05, 4.69) is 20.9 Å². The van der Waals surface area contributed by atoms with Crippen LogP contribution in [0.3, 0.4) is 0 Å². The molecule has 0 saturated carbocycles. The fourth-order valence-electron chi connectivity index (χ4n) is 1.27. The Labute approximate surface area is 106 Å². The molecule has 0 aliphatic heterocycles. The predicted octanol–water partition coefficient (Wildman–Crippen LogP) is 3.64. The van der Waals surface area contributed by atoms with Gasteiger partial charge in [0.2, 0.25) is 0 Å². The second-order valence-corrected chi connectivity index (χ2v) is 5.14. The summed E-state index contributed by atoms with van der Waals surface area (Å²) in [5, 5.41) is 10.1. The van der Waals surface area contributed by atoms with Crippen molar-refractivity contribution in [3.63, 3.8) is 0 Å². The van der Waals surface area contributed by atoms with Crippen molar-refractivity contribution >= 4 is 27.7 Å². The van der Waals surface area contributed by atoms with E-state index < -0.39 is 6.10 Å². The maximum atomic E-state index is 9.48. The Hall–Kier alpha value is -0.780. The second kappa shape index (κ2) is 5.03. The van der Waals surface area contributed by atoms with Crippen LogP contribution in [-0.2, 0) is 0 Å². The molecule has 5 heteroatoms. The number of hydrogen-bond donors (Lipinski definition) is 1. The molecule has 1 aromatic heterocycles. The third-order valence-electron chi connectivity index (χ3n) is 2.04. The first-order valence-electron chi connectivity index (χ1n) is 4.71. The molecule has 1 atom stereocenters. The standard InChI is InChI=1S/C11H10BrNO2S/c1-7(14)9-3-2-8(6-10(9)12)16-11-13-4-5-15-11/h2-7,14H,1H3/t7-/m0/s1. The minimum absolute atomic E-state index is 0.477. The molecule has 0 unspecified atom stereocenters. The number of rotatable bonds is 3. The number of oxazole rings is 1. The Bertz CT molecular complexity index is 471. The quantitative estimate of drug-likeness (QED) is 0.940. The molecule has 0 aliphatic rings. The van der Waals surface area contributed by atoms with Crippen molar-refractivity contribution < 1.29 is 9.52 Å². The fraction of sp³-hybridized carbons (Fsp3) is 0.182. The second-order valence-electron chi connectivity index (χ2n) is 3.26. The maximum absolute atomic E-state index is 9.48. The van der Waals surface area contributed by atoms with Crippen LogP contribution in [0, 0.1) is 0 Å². The summed E-state index contributed by atoms with van der Waals surface area (Å²) in [4.78, 5) is 5.04. The molecule has 1 heterocycles. The summed E-state index contributed by atoms with van der Waals surface area (Å²) < 4.78 is 6.03. The molecule has 84 valence electrons. The van der Waals surface area contributed by atoms with Gasteiger partial charge < -0.3 is 9.52 Å². The third kappa shape index (κ3) is 2.66. The lowest BCUT2D eigenvalue weighted by molar-refractivity contribution is 0.198. The zero-order valence-electron chi connectivity index (χ0n) is 8.55. The lowest BCUT2D eigenvalue weighted by Crippen LogP contribution is -1.92. The first-order chi connectivity index (χ1) is 7.66. The first-order valence-corrected chi connectivity index (χ1v) is 6.32. The highest BCUT2D eigenvalue weighted by Gasteiger charge is 2.08. The van der Waals surface area contributed by atoms with Crippen molar-refractivity contribution in [2.75, 3.05) is 0 Å². The van der Waals surface area contributed by atoms with Crippen molar-refractivity contribution in [1.29, 1.82) is 0 Å². The molecule has 2 rings (SSSR count). The third-order valence-corrected chi connectivity index (χ3v) is 3.59. The van der Waals surface area contributed by atoms with E-state index in [1.807, 2.05) is 18.2 Å². The molecular weight excluding hydrogens is 290 g/mol. The molecule has 0 bridgehead atoms. The molecule has 16 heavy (non-hydrogen) atoms. The minimum Gasteiger partial charge on any atom is -0.440 e. The van der Waals surface area contributed by atoms with Crippen LogP contribution in [0.1, 0.15) is 18.6 Å². The number of aliphatic hydroxyl groups excluding tert-OH is 1. The summed E-state index contributed by atoms with van der Waals surface area (Å²) in [5.74, 6) is 0. The monoisotopic (exact) mass is 299 g/mol. The van der Waals surface area contributed by atoms with Crippen LogP contribution in [0.15, 0.2) is 49.7 Å². The van der Waals surface area contributed by atoms with Gasteiger partial charge in [0, 0.05) is 9.37 Å². The Kier molecular flexibility index (Phi) is 3.68. The smallest absolute Gasteiger partial charge is 0.260 e. The molecule has 3 nitrogen and oxygen atoms in total. The van der Waals surface area contributed by atoms with Crippen molar-refractivity contribution in [3.8, 4) is 0 Å². The highest BCUT2D eigenvalue weighted by Crippen LogP contribution is 2.31. The number of hydrogen-bond acceptors (Lipinski definition) is 4. The van der Waals surface area contributed by atoms with Gasteiger partial charge >= 0.3 is 0 Å². The van der Waals surface area contributed by atoms with E-state index in [0.29, 0.717) is 5.22 Å². The van der Waals surface area contributed by atoms with Gasteiger partial charge in [-0.05, 0) is 36.4 Å². The molecule has 0 amide bonds. The summed E-state index contributed by atoms with van der Waals surface area (Å²) in [5.41, 5.74) is 0.872. The fourth-order valence-corrected chi connectivity index (χ4v) is 2.87. The van der Waals surface area contributed by atoms with Crippen LogP contribution in [0.25, 0.3) is 0 Å². The van der Waals surface area contributed by atoms with Gasteiger partial charge in [-0.1, -0.05) is 22.0 Å².